The Kier molecular flexibility index (Phi) is 6.69. The first-order chi connectivity index (χ1) is 17.0. The van der Waals surface area contributed by atoms with Crippen LogP contribution in [0.5, 0.6) is 11.5 Å². The molecule has 0 radical (unpaired) electrons. The zero-order chi connectivity index (χ0) is 24.5. The minimum atomic E-state index is -0.517. The summed E-state index contributed by atoms with van der Waals surface area (Å²) < 4.78 is 16.9. The molecular formula is C28H31NO5S. The summed E-state index contributed by atoms with van der Waals surface area (Å²) in [4.78, 5) is 28.5. The average Bonchev–Trinajstić information content (AvgIpc) is 3.57. The molecule has 1 aliphatic heterocycles. The minimum absolute atomic E-state index is 0.0607. The number of carbonyl (C=O) groups excluding carboxylic acids is 2. The van der Waals surface area contributed by atoms with Crippen LogP contribution >= 0.6 is 11.3 Å². The number of benzene rings is 1. The molecule has 3 aliphatic rings. The van der Waals surface area contributed by atoms with Crippen LogP contribution in [0.3, 0.4) is 0 Å². The van der Waals surface area contributed by atoms with E-state index in [1.54, 1.807) is 25.6 Å². The highest BCUT2D eigenvalue weighted by Crippen LogP contribution is 2.47. The molecule has 2 unspecified atom stereocenters. The van der Waals surface area contributed by atoms with Crippen molar-refractivity contribution in [1.29, 1.82) is 0 Å². The minimum Gasteiger partial charge on any atom is -0.493 e. The Bertz CT molecular complexity index is 1190. The lowest BCUT2D eigenvalue weighted by molar-refractivity contribution is -0.144. The van der Waals surface area contributed by atoms with Gasteiger partial charge in [-0.3, -0.25) is 4.79 Å². The maximum atomic E-state index is 13.7. The molecule has 1 aromatic carbocycles. The second kappa shape index (κ2) is 9.90. The third-order valence-corrected chi connectivity index (χ3v) is 8.34. The van der Waals surface area contributed by atoms with Crippen molar-refractivity contribution in [3.63, 3.8) is 0 Å². The second-order valence-electron chi connectivity index (χ2n) is 9.46. The first-order valence-corrected chi connectivity index (χ1v) is 13.1. The number of nitrogens with one attached hydrogen (secondary N) is 1. The predicted molar refractivity (Wildman–Crippen MR) is 135 cm³/mol. The third-order valence-electron chi connectivity index (χ3n) is 7.31. The molecule has 1 aromatic heterocycles. The average molecular weight is 494 g/mol. The largest absolute Gasteiger partial charge is 0.493 e. The van der Waals surface area contributed by atoms with E-state index >= 15 is 0 Å². The molecule has 0 saturated heterocycles. The lowest BCUT2D eigenvalue weighted by Gasteiger charge is -2.36. The maximum absolute atomic E-state index is 13.7. The summed E-state index contributed by atoms with van der Waals surface area (Å²) >= 11 is 1.68. The fraction of sp³-hybridized carbons (Fsp3) is 0.429. The zero-order valence-corrected chi connectivity index (χ0v) is 21.2. The number of carbonyl (C=O) groups is 2. The number of rotatable bonds is 6. The van der Waals surface area contributed by atoms with Crippen molar-refractivity contribution in [1.82, 2.24) is 5.32 Å². The number of ketones is 1. The Morgan fingerprint density at radius 2 is 1.83 bits per heavy atom. The van der Waals surface area contributed by atoms with Crippen LogP contribution in [0.1, 0.15) is 67.7 Å². The van der Waals surface area contributed by atoms with E-state index in [0.29, 0.717) is 29.1 Å². The molecule has 2 aliphatic carbocycles. The number of thiophene rings is 1. The highest BCUT2D eigenvalue weighted by molar-refractivity contribution is 7.10. The van der Waals surface area contributed by atoms with Gasteiger partial charge in [0.1, 0.15) is 6.10 Å². The Morgan fingerprint density at radius 1 is 1.06 bits per heavy atom. The van der Waals surface area contributed by atoms with E-state index in [9.17, 15) is 9.59 Å². The van der Waals surface area contributed by atoms with Gasteiger partial charge in [-0.1, -0.05) is 12.1 Å². The summed E-state index contributed by atoms with van der Waals surface area (Å²) in [6.07, 6.45) is 5.03. The highest BCUT2D eigenvalue weighted by Gasteiger charge is 2.42. The zero-order valence-electron chi connectivity index (χ0n) is 20.4. The van der Waals surface area contributed by atoms with Gasteiger partial charge in [0.05, 0.1) is 19.8 Å². The number of allylic oxidation sites excluding steroid dienone is 3. The molecule has 6 nitrogen and oxygen atoms in total. The number of dihydropyridines is 1. The van der Waals surface area contributed by atoms with Crippen LogP contribution in [0.15, 0.2) is 58.3 Å². The van der Waals surface area contributed by atoms with Gasteiger partial charge >= 0.3 is 5.97 Å². The van der Waals surface area contributed by atoms with Crippen LogP contribution in [0, 0.1) is 0 Å². The first kappa shape index (κ1) is 23.7. The lowest BCUT2D eigenvalue weighted by Crippen LogP contribution is -2.36. The number of Topliss-reactive ketones (excluding diaryl/α,β-unsaturated/α-hetero) is 1. The van der Waals surface area contributed by atoms with Gasteiger partial charge in [0.15, 0.2) is 17.3 Å². The van der Waals surface area contributed by atoms with E-state index in [-0.39, 0.29) is 23.8 Å². The van der Waals surface area contributed by atoms with Crippen molar-refractivity contribution in [2.24, 2.45) is 0 Å². The van der Waals surface area contributed by atoms with Crippen LogP contribution in [-0.4, -0.2) is 32.1 Å². The Labute approximate surface area is 210 Å². The molecule has 2 aromatic rings. The Balaban J connectivity index is 1.58. The van der Waals surface area contributed by atoms with Crippen molar-refractivity contribution in [2.75, 3.05) is 14.2 Å². The number of esters is 1. The van der Waals surface area contributed by atoms with Crippen LogP contribution in [0.2, 0.25) is 0 Å². The van der Waals surface area contributed by atoms with Crippen molar-refractivity contribution >= 4 is 23.1 Å². The summed E-state index contributed by atoms with van der Waals surface area (Å²) in [5.74, 6) is 0.503. The molecule has 2 atom stereocenters. The summed E-state index contributed by atoms with van der Waals surface area (Å²) in [6, 6.07) is 9.73. The molecule has 2 heterocycles. The molecule has 0 bridgehead atoms. The summed E-state index contributed by atoms with van der Waals surface area (Å²) in [5, 5.41) is 5.48. The van der Waals surface area contributed by atoms with Gasteiger partial charge in [0.25, 0.3) is 0 Å². The Morgan fingerprint density at radius 3 is 2.51 bits per heavy atom. The fourth-order valence-electron chi connectivity index (χ4n) is 5.62. The van der Waals surface area contributed by atoms with Gasteiger partial charge < -0.3 is 19.5 Å². The molecule has 0 spiro atoms. The molecule has 1 saturated carbocycles. The van der Waals surface area contributed by atoms with E-state index in [1.165, 1.54) is 4.88 Å². The summed E-state index contributed by atoms with van der Waals surface area (Å²) in [5.41, 5.74) is 3.62. The molecular weight excluding hydrogens is 462 g/mol. The number of ether oxygens (including phenoxy) is 3. The quantitative estimate of drug-likeness (QED) is 0.527. The van der Waals surface area contributed by atoms with Crippen LogP contribution in [-0.2, 0) is 14.3 Å². The van der Waals surface area contributed by atoms with E-state index in [0.717, 1.165) is 49.1 Å². The van der Waals surface area contributed by atoms with E-state index in [2.05, 4.69) is 11.4 Å². The van der Waals surface area contributed by atoms with Gasteiger partial charge in [0, 0.05) is 40.1 Å². The van der Waals surface area contributed by atoms with Gasteiger partial charge in [-0.25, -0.2) is 4.79 Å². The monoisotopic (exact) mass is 493 g/mol. The maximum Gasteiger partial charge on any atom is 0.337 e. The molecule has 35 heavy (non-hydrogen) atoms. The normalized spacial score (nSPS) is 22.7. The number of hydrogen-bond acceptors (Lipinski definition) is 7. The number of methoxy groups -OCH3 is 2. The SMILES string of the molecule is COc1ccc(C2C(C(=O)OC3CCCC3)=C(C)NC3=C2C(=O)CC(c2cccs2)C3)cc1OC. The molecule has 1 fully saturated rings. The summed E-state index contributed by atoms with van der Waals surface area (Å²) in [6.45, 7) is 1.90. The van der Waals surface area contributed by atoms with Crippen molar-refractivity contribution in [3.8, 4) is 11.5 Å². The predicted octanol–water partition coefficient (Wildman–Crippen LogP) is 5.61. The smallest absolute Gasteiger partial charge is 0.337 e. The lowest BCUT2D eigenvalue weighted by atomic mass is 9.72. The topological polar surface area (TPSA) is 73.9 Å². The highest BCUT2D eigenvalue weighted by atomic mass is 32.1. The van der Waals surface area contributed by atoms with Crippen molar-refractivity contribution in [2.45, 2.75) is 63.4 Å². The molecule has 0 amide bonds. The molecule has 1 N–H and O–H groups in total. The molecule has 7 heteroatoms. The van der Waals surface area contributed by atoms with Gasteiger partial charge in [-0.2, -0.15) is 0 Å². The van der Waals surface area contributed by atoms with Crippen molar-refractivity contribution < 1.29 is 23.8 Å². The summed E-state index contributed by atoms with van der Waals surface area (Å²) in [7, 11) is 3.18. The van der Waals surface area contributed by atoms with Crippen molar-refractivity contribution in [3.05, 3.63) is 68.7 Å². The second-order valence-corrected chi connectivity index (χ2v) is 10.4. The van der Waals surface area contributed by atoms with E-state index in [4.69, 9.17) is 14.2 Å². The van der Waals surface area contributed by atoms with Gasteiger partial charge in [-0.15, -0.1) is 11.3 Å². The third kappa shape index (κ3) is 4.49. The number of hydrogen-bond donors (Lipinski definition) is 1. The fourth-order valence-corrected chi connectivity index (χ4v) is 6.45. The van der Waals surface area contributed by atoms with E-state index < -0.39 is 5.92 Å². The van der Waals surface area contributed by atoms with Crippen LogP contribution < -0.4 is 14.8 Å². The molecule has 184 valence electrons. The van der Waals surface area contributed by atoms with E-state index in [1.807, 2.05) is 36.6 Å². The standard InChI is InChI=1S/C28H31NO5S/c1-16-25(28(31)34-19-7-4-5-8-19)26(17-10-11-22(32-2)23(15-17)33-3)27-20(29-16)13-18(14-21(27)30)24-9-6-12-35-24/h6,9-12,15,18-19,26,29H,4-5,7-8,13-14H2,1-3H3. The van der Waals surface area contributed by atoms with Gasteiger partial charge in [-0.05, 0) is 68.2 Å². The first-order valence-electron chi connectivity index (χ1n) is 12.2. The van der Waals surface area contributed by atoms with Crippen LogP contribution in [0.25, 0.3) is 0 Å². The Hall–Kier alpha value is -3.06. The van der Waals surface area contributed by atoms with Crippen LogP contribution in [0.4, 0.5) is 0 Å². The van der Waals surface area contributed by atoms with Gasteiger partial charge in [0.2, 0.25) is 0 Å². The molecule has 5 rings (SSSR count).